The highest BCUT2D eigenvalue weighted by Crippen LogP contribution is 2.20. The first-order chi connectivity index (χ1) is 6.61. The number of hydrogen-bond acceptors (Lipinski definition) is 2. The van der Waals surface area contributed by atoms with Crippen molar-refractivity contribution in [3.05, 3.63) is 24.3 Å². The van der Waals surface area contributed by atoms with Crippen molar-refractivity contribution >= 4 is 5.69 Å². The number of ether oxygens (including phenoxy) is 1. The average Bonchev–Trinajstić information content (AvgIpc) is 2.16. The molecule has 1 rings (SSSR count). The molecule has 2 N–H and O–H groups in total. The molecule has 0 spiro atoms. The number of para-hydroxylation sites is 2. The molecule has 2 nitrogen and oxygen atoms in total. The van der Waals surface area contributed by atoms with Crippen LogP contribution in [-0.2, 0) is 0 Å². The van der Waals surface area contributed by atoms with Crippen molar-refractivity contribution in [2.75, 3.05) is 12.3 Å². The maximum absolute atomic E-state index is 12.4. The Bertz CT molecular complexity index is 293. The molecule has 14 heavy (non-hydrogen) atoms. The highest BCUT2D eigenvalue weighted by molar-refractivity contribution is 5.51. The fraction of sp³-hybridized carbons (Fsp3) is 0.333. The zero-order valence-corrected chi connectivity index (χ0v) is 7.29. The number of benzene rings is 1. The maximum Gasteiger partial charge on any atom is 0.272 e. The predicted molar refractivity (Wildman–Crippen MR) is 47.2 cm³/mol. The molecule has 0 aliphatic carbocycles. The lowest BCUT2D eigenvalue weighted by Crippen LogP contribution is -2.21. The molecule has 1 aromatic carbocycles. The van der Waals surface area contributed by atoms with E-state index in [1.165, 1.54) is 6.07 Å². The molecule has 0 unspecified atom stereocenters. The van der Waals surface area contributed by atoms with Gasteiger partial charge in [0.05, 0.1) is 5.69 Å². The van der Waals surface area contributed by atoms with Gasteiger partial charge in [0.1, 0.15) is 12.4 Å². The molecule has 1 atom stereocenters. The Morgan fingerprint density at radius 3 is 2.43 bits per heavy atom. The Morgan fingerprint density at radius 2 is 1.86 bits per heavy atom. The number of alkyl halides is 3. The Labute approximate surface area is 79.5 Å². The number of hydrogen-bond donors (Lipinski definition) is 1. The highest BCUT2D eigenvalue weighted by atomic mass is 19.3. The first-order valence-electron chi connectivity index (χ1n) is 4.01. The zero-order valence-electron chi connectivity index (χ0n) is 7.29. The van der Waals surface area contributed by atoms with Crippen LogP contribution in [0.25, 0.3) is 0 Å². The van der Waals surface area contributed by atoms with Crippen molar-refractivity contribution in [1.29, 1.82) is 0 Å². The van der Waals surface area contributed by atoms with Crippen LogP contribution in [0.5, 0.6) is 5.75 Å². The van der Waals surface area contributed by atoms with Gasteiger partial charge in [0.25, 0.3) is 6.43 Å². The van der Waals surface area contributed by atoms with Gasteiger partial charge >= 0.3 is 0 Å². The summed E-state index contributed by atoms with van der Waals surface area (Å²) in [7, 11) is 0. The van der Waals surface area contributed by atoms with E-state index in [0.29, 0.717) is 5.69 Å². The average molecular weight is 205 g/mol. The Balaban J connectivity index is 2.50. The fourth-order valence-corrected chi connectivity index (χ4v) is 0.854. The Kier molecular flexibility index (Phi) is 3.62. The molecule has 5 heteroatoms. The van der Waals surface area contributed by atoms with Crippen LogP contribution in [0.2, 0.25) is 0 Å². The molecule has 0 heterocycles. The molecule has 1 aromatic rings. The van der Waals surface area contributed by atoms with Gasteiger partial charge in [-0.3, -0.25) is 0 Å². The van der Waals surface area contributed by atoms with Crippen LogP contribution in [0.3, 0.4) is 0 Å². The summed E-state index contributed by atoms with van der Waals surface area (Å²) in [6, 6.07) is 6.34. The Morgan fingerprint density at radius 1 is 1.21 bits per heavy atom. The van der Waals surface area contributed by atoms with E-state index in [1.807, 2.05) is 0 Å². The molecule has 78 valence electrons. The molecule has 0 saturated carbocycles. The minimum Gasteiger partial charge on any atom is -0.488 e. The Hall–Kier alpha value is -1.39. The van der Waals surface area contributed by atoms with Crippen LogP contribution in [-0.4, -0.2) is 19.2 Å². The molecule has 0 amide bonds. The molecule has 0 fully saturated rings. The van der Waals surface area contributed by atoms with E-state index in [-0.39, 0.29) is 5.75 Å². The van der Waals surface area contributed by atoms with E-state index in [0.717, 1.165) is 0 Å². The van der Waals surface area contributed by atoms with E-state index in [1.54, 1.807) is 18.2 Å². The van der Waals surface area contributed by atoms with Gasteiger partial charge in [-0.1, -0.05) is 12.1 Å². The van der Waals surface area contributed by atoms with Gasteiger partial charge in [0.2, 0.25) is 0 Å². The maximum atomic E-state index is 12.4. The van der Waals surface area contributed by atoms with E-state index in [2.05, 4.69) is 0 Å². The minimum atomic E-state index is -3.03. The monoisotopic (exact) mass is 205 g/mol. The van der Waals surface area contributed by atoms with Gasteiger partial charge in [-0.15, -0.1) is 0 Å². The van der Waals surface area contributed by atoms with Crippen molar-refractivity contribution in [1.82, 2.24) is 0 Å². The van der Waals surface area contributed by atoms with Gasteiger partial charge in [0, 0.05) is 0 Å². The molecule has 0 bridgehead atoms. The molecule has 0 aliphatic rings. The van der Waals surface area contributed by atoms with E-state index in [4.69, 9.17) is 10.5 Å². The quantitative estimate of drug-likeness (QED) is 0.765. The first kappa shape index (κ1) is 10.7. The number of rotatable bonds is 4. The third-order valence-electron chi connectivity index (χ3n) is 1.59. The van der Waals surface area contributed by atoms with Crippen LogP contribution in [0.15, 0.2) is 24.3 Å². The molecular formula is C9H10F3NO. The van der Waals surface area contributed by atoms with Gasteiger partial charge in [0.15, 0.2) is 6.17 Å². The molecule has 0 aromatic heterocycles. The van der Waals surface area contributed by atoms with Crippen LogP contribution < -0.4 is 10.5 Å². The lowest BCUT2D eigenvalue weighted by atomic mass is 10.3. The van der Waals surface area contributed by atoms with Crippen LogP contribution in [0.4, 0.5) is 18.9 Å². The summed E-state index contributed by atoms with van der Waals surface area (Å²) in [5, 5.41) is 0. The number of anilines is 1. The third kappa shape index (κ3) is 2.83. The number of halogens is 3. The molecule has 0 aliphatic heterocycles. The van der Waals surface area contributed by atoms with E-state index in [9.17, 15) is 13.2 Å². The van der Waals surface area contributed by atoms with Gasteiger partial charge < -0.3 is 10.5 Å². The van der Waals surface area contributed by atoms with Crippen LogP contribution >= 0.6 is 0 Å². The fourth-order valence-electron chi connectivity index (χ4n) is 0.854. The van der Waals surface area contributed by atoms with Gasteiger partial charge in [-0.25, -0.2) is 13.2 Å². The smallest absolute Gasteiger partial charge is 0.272 e. The summed E-state index contributed by atoms with van der Waals surface area (Å²) >= 11 is 0. The number of nitrogens with two attached hydrogens (primary N) is 1. The van der Waals surface area contributed by atoms with Gasteiger partial charge in [-0.05, 0) is 12.1 Å². The predicted octanol–water partition coefficient (Wildman–Crippen LogP) is 2.25. The van der Waals surface area contributed by atoms with Crippen molar-refractivity contribution < 1.29 is 17.9 Å². The second-order valence-corrected chi connectivity index (χ2v) is 2.70. The van der Waals surface area contributed by atoms with Gasteiger partial charge in [-0.2, -0.15) is 0 Å². The largest absolute Gasteiger partial charge is 0.488 e. The summed E-state index contributed by atoms with van der Waals surface area (Å²) in [6.45, 7) is -0.689. The lowest BCUT2D eigenvalue weighted by Gasteiger charge is -2.10. The topological polar surface area (TPSA) is 35.2 Å². The lowest BCUT2D eigenvalue weighted by molar-refractivity contribution is 0.0233. The van der Waals surface area contributed by atoms with Crippen LogP contribution in [0, 0.1) is 0 Å². The summed E-state index contributed by atoms with van der Waals surface area (Å²) in [4.78, 5) is 0. The normalized spacial score (nSPS) is 12.9. The molecule has 0 saturated heterocycles. The number of nitrogen functional groups attached to an aromatic ring is 1. The van der Waals surface area contributed by atoms with E-state index < -0.39 is 19.2 Å². The van der Waals surface area contributed by atoms with Crippen LogP contribution in [0.1, 0.15) is 0 Å². The molecule has 0 radical (unpaired) electrons. The van der Waals surface area contributed by atoms with Crippen molar-refractivity contribution in [3.8, 4) is 5.75 Å². The van der Waals surface area contributed by atoms with Crippen molar-refractivity contribution in [3.63, 3.8) is 0 Å². The summed E-state index contributed by atoms with van der Waals surface area (Å²) in [6.07, 6.45) is -5.31. The summed E-state index contributed by atoms with van der Waals surface area (Å²) in [5.74, 6) is 0.218. The second-order valence-electron chi connectivity index (χ2n) is 2.70. The second kappa shape index (κ2) is 4.74. The van der Waals surface area contributed by atoms with E-state index >= 15 is 0 Å². The van der Waals surface area contributed by atoms with Crippen molar-refractivity contribution in [2.45, 2.75) is 12.6 Å². The minimum absolute atomic E-state index is 0.218. The SMILES string of the molecule is Nc1ccccc1OC[C@H](F)C(F)F. The van der Waals surface area contributed by atoms with Crippen molar-refractivity contribution in [2.24, 2.45) is 0 Å². The standard InChI is InChI=1S/C9H10F3NO/c10-6(9(11)12)5-14-8-4-2-1-3-7(8)13/h1-4,6,9H,5,13H2/t6-/m0/s1. The highest BCUT2D eigenvalue weighted by Gasteiger charge is 2.19. The summed E-state index contributed by atoms with van der Waals surface area (Å²) < 4.78 is 40.7. The third-order valence-corrected chi connectivity index (χ3v) is 1.59. The molecular weight excluding hydrogens is 195 g/mol. The summed E-state index contributed by atoms with van der Waals surface area (Å²) in [5.41, 5.74) is 5.75. The zero-order chi connectivity index (χ0) is 10.6. The first-order valence-corrected chi connectivity index (χ1v) is 4.01.